The van der Waals surface area contributed by atoms with Gasteiger partial charge in [0.2, 0.25) is 5.91 Å². The number of carbonyl (C=O) groups excluding carboxylic acids is 1. The van der Waals surface area contributed by atoms with Gasteiger partial charge in [-0.05, 0) is 18.8 Å². The second-order valence-electron chi connectivity index (χ2n) is 5.61. The lowest BCUT2D eigenvalue weighted by molar-refractivity contribution is -0.123. The third kappa shape index (κ3) is 4.31. The highest BCUT2D eigenvalue weighted by Gasteiger charge is 2.32. The van der Waals surface area contributed by atoms with Crippen molar-refractivity contribution in [1.82, 2.24) is 20.1 Å². The lowest BCUT2D eigenvalue weighted by Gasteiger charge is -2.35. The molecule has 2 rings (SSSR count). The van der Waals surface area contributed by atoms with Gasteiger partial charge in [0.1, 0.15) is 12.7 Å². The lowest BCUT2D eigenvalue weighted by Crippen LogP contribution is -2.45. The number of nitrogens with one attached hydrogen (secondary N) is 1. The molecule has 1 aliphatic rings. The van der Waals surface area contributed by atoms with Crippen LogP contribution in [0.2, 0.25) is 0 Å². The minimum atomic E-state index is -0.722. The predicted octanol–water partition coefficient (Wildman–Crippen LogP) is 0.726. The number of hydrogen-bond donors (Lipinski definition) is 2. The number of rotatable bonds is 5. The highest BCUT2D eigenvalue weighted by Crippen LogP contribution is 2.31. The van der Waals surface area contributed by atoms with Gasteiger partial charge in [-0.2, -0.15) is 5.10 Å². The Hall–Kier alpha value is -1.43. The molecule has 2 atom stereocenters. The molecular formula is C13H22N4O2. The molecule has 6 nitrogen and oxygen atoms in total. The van der Waals surface area contributed by atoms with Crippen LogP contribution in [0.15, 0.2) is 12.7 Å². The SMILES string of the molecule is CC1CCCC(O)(CNC(=O)CCn2cncn2)C1. The number of nitrogens with zero attached hydrogens (tertiary/aromatic N) is 3. The number of amides is 1. The maximum Gasteiger partial charge on any atom is 0.221 e. The molecule has 1 aliphatic carbocycles. The van der Waals surface area contributed by atoms with E-state index in [4.69, 9.17) is 0 Å². The number of aryl methyl sites for hydroxylation is 1. The summed E-state index contributed by atoms with van der Waals surface area (Å²) in [5, 5.41) is 17.2. The molecule has 0 spiro atoms. The van der Waals surface area contributed by atoms with Gasteiger partial charge in [0, 0.05) is 13.0 Å². The first-order valence-corrected chi connectivity index (χ1v) is 6.89. The van der Waals surface area contributed by atoms with E-state index in [1.807, 2.05) is 0 Å². The van der Waals surface area contributed by atoms with Crippen molar-refractivity contribution in [2.75, 3.05) is 6.54 Å². The summed E-state index contributed by atoms with van der Waals surface area (Å²) in [7, 11) is 0. The lowest BCUT2D eigenvalue weighted by atomic mass is 9.79. The molecule has 0 aromatic carbocycles. The largest absolute Gasteiger partial charge is 0.388 e. The fraction of sp³-hybridized carbons (Fsp3) is 0.769. The van der Waals surface area contributed by atoms with Crippen LogP contribution in [-0.2, 0) is 11.3 Å². The first-order chi connectivity index (χ1) is 9.07. The van der Waals surface area contributed by atoms with Gasteiger partial charge in [-0.25, -0.2) is 4.98 Å². The van der Waals surface area contributed by atoms with Crippen LogP contribution in [0, 0.1) is 5.92 Å². The van der Waals surface area contributed by atoms with Crippen LogP contribution in [0.4, 0.5) is 0 Å². The van der Waals surface area contributed by atoms with Crippen LogP contribution < -0.4 is 5.32 Å². The van der Waals surface area contributed by atoms with Crippen molar-refractivity contribution < 1.29 is 9.90 Å². The summed E-state index contributed by atoms with van der Waals surface area (Å²) in [5.41, 5.74) is -0.722. The molecule has 2 unspecified atom stereocenters. The Balaban J connectivity index is 1.70. The second kappa shape index (κ2) is 6.14. The van der Waals surface area contributed by atoms with E-state index < -0.39 is 5.60 Å². The highest BCUT2D eigenvalue weighted by atomic mass is 16.3. The molecule has 0 bridgehead atoms. The quantitative estimate of drug-likeness (QED) is 0.823. The summed E-state index contributed by atoms with van der Waals surface area (Å²) in [5.74, 6) is 0.480. The van der Waals surface area contributed by atoms with Gasteiger partial charge in [0.25, 0.3) is 0 Å². The fourth-order valence-electron chi connectivity index (χ4n) is 2.71. The summed E-state index contributed by atoms with van der Waals surface area (Å²) >= 11 is 0. The molecule has 1 heterocycles. The molecule has 1 aromatic rings. The van der Waals surface area contributed by atoms with Gasteiger partial charge in [0.15, 0.2) is 0 Å². The minimum absolute atomic E-state index is 0.0536. The van der Waals surface area contributed by atoms with Crippen molar-refractivity contribution in [3.63, 3.8) is 0 Å². The van der Waals surface area contributed by atoms with Crippen molar-refractivity contribution in [2.45, 2.75) is 51.2 Å². The standard InChI is InChI=1S/C13H22N4O2/c1-11-3-2-5-13(19,7-11)8-15-12(18)4-6-17-10-14-9-16-17/h9-11,19H,2-8H2,1H3,(H,15,18). The zero-order valence-electron chi connectivity index (χ0n) is 11.4. The molecule has 1 amide bonds. The summed E-state index contributed by atoms with van der Waals surface area (Å²) in [6.07, 6.45) is 7.15. The fourth-order valence-corrected chi connectivity index (χ4v) is 2.71. The van der Waals surface area contributed by atoms with Crippen LogP contribution in [0.1, 0.15) is 39.0 Å². The van der Waals surface area contributed by atoms with Gasteiger partial charge in [-0.15, -0.1) is 0 Å². The van der Waals surface area contributed by atoms with Crippen LogP contribution in [0.25, 0.3) is 0 Å². The second-order valence-corrected chi connectivity index (χ2v) is 5.61. The van der Waals surface area contributed by atoms with Crippen molar-refractivity contribution >= 4 is 5.91 Å². The third-order valence-electron chi connectivity index (χ3n) is 3.72. The number of hydrogen-bond acceptors (Lipinski definition) is 4. The van der Waals surface area contributed by atoms with Gasteiger partial charge in [-0.3, -0.25) is 9.48 Å². The number of carbonyl (C=O) groups is 1. The van der Waals surface area contributed by atoms with Crippen LogP contribution >= 0.6 is 0 Å². The molecule has 0 aliphatic heterocycles. The predicted molar refractivity (Wildman–Crippen MR) is 70.2 cm³/mol. The van der Waals surface area contributed by atoms with E-state index in [-0.39, 0.29) is 5.91 Å². The van der Waals surface area contributed by atoms with Gasteiger partial charge in [0.05, 0.1) is 12.1 Å². The molecule has 106 valence electrons. The van der Waals surface area contributed by atoms with E-state index in [0.29, 0.717) is 25.4 Å². The first kappa shape index (κ1) is 14.0. The Labute approximate surface area is 113 Å². The molecule has 1 aromatic heterocycles. The van der Waals surface area contributed by atoms with Crippen molar-refractivity contribution in [1.29, 1.82) is 0 Å². The van der Waals surface area contributed by atoms with Crippen molar-refractivity contribution in [2.24, 2.45) is 5.92 Å². The first-order valence-electron chi connectivity index (χ1n) is 6.89. The molecule has 1 saturated carbocycles. The maximum atomic E-state index is 11.7. The molecule has 0 saturated heterocycles. The molecule has 2 N–H and O–H groups in total. The molecular weight excluding hydrogens is 244 g/mol. The van der Waals surface area contributed by atoms with Gasteiger partial charge in [-0.1, -0.05) is 19.8 Å². The van der Waals surface area contributed by atoms with Crippen LogP contribution in [-0.4, -0.2) is 37.9 Å². The van der Waals surface area contributed by atoms with Gasteiger partial charge < -0.3 is 10.4 Å². The van der Waals surface area contributed by atoms with Crippen LogP contribution in [0.5, 0.6) is 0 Å². The summed E-state index contributed by atoms with van der Waals surface area (Å²) in [6.45, 7) is 3.02. The summed E-state index contributed by atoms with van der Waals surface area (Å²) < 4.78 is 1.62. The Bertz CT molecular complexity index is 407. The zero-order valence-corrected chi connectivity index (χ0v) is 11.4. The topological polar surface area (TPSA) is 80.0 Å². The smallest absolute Gasteiger partial charge is 0.221 e. The molecule has 1 fully saturated rings. The molecule has 0 radical (unpaired) electrons. The monoisotopic (exact) mass is 266 g/mol. The summed E-state index contributed by atoms with van der Waals surface area (Å²) in [4.78, 5) is 15.5. The van der Waals surface area contributed by atoms with Crippen molar-refractivity contribution in [3.8, 4) is 0 Å². The number of aromatic nitrogens is 3. The Morgan fingerprint density at radius 3 is 3.16 bits per heavy atom. The third-order valence-corrected chi connectivity index (χ3v) is 3.72. The maximum absolute atomic E-state index is 11.7. The van der Waals surface area contributed by atoms with Crippen molar-refractivity contribution in [3.05, 3.63) is 12.7 Å². The average molecular weight is 266 g/mol. The van der Waals surface area contributed by atoms with E-state index in [1.165, 1.54) is 12.7 Å². The Morgan fingerprint density at radius 2 is 2.47 bits per heavy atom. The van der Waals surface area contributed by atoms with Crippen LogP contribution in [0.3, 0.4) is 0 Å². The van der Waals surface area contributed by atoms with E-state index in [1.54, 1.807) is 11.0 Å². The normalized spacial score (nSPS) is 27.2. The Kier molecular flexibility index (Phi) is 4.52. The van der Waals surface area contributed by atoms with E-state index >= 15 is 0 Å². The van der Waals surface area contributed by atoms with Gasteiger partial charge >= 0.3 is 0 Å². The Morgan fingerprint density at radius 1 is 1.63 bits per heavy atom. The van der Waals surface area contributed by atoms with E-state index in [9.17, 15) is 9.90 Å². The zero-order chi connectivity index (χ0) is 13.7. The number of aliphatic hydroxyl groups is 1. The average Bonchev–Trinajstić information content (AvgIpc) is 2.87. The molecule has 6 heteroatoms. The van der Waals surface area contributed by atoms with E-state index in [2.05, 4.69) is 22.3 Å². The molecule has 19 heavy (non-hydrogen) atoms. The highest BCUT2D eigenvalue weighted by molar-refractivity contribution is 5.75. The summed E-state index contributed by atoms with van der Waals surface area (Å²) in [6, 6.07) is 0. The minimum Gasteiger partial charge on any atom is -0.388 e. The van der Waals surface area contributed by atoms with E-state index in [0.717, 1.165) is 19.3 Å².